The number of rotatable bonds is 6. The van der Waals surface area contributed by atoms with Gasteiger partial charge in [-0.05, 0) is 17.5 Å². The van der Waals surface area contributed by atoms with E-state index >= 15 is 0 Å². The highest BCUT2D eigenvalue weighted by atomic mass is 16.2. The van der Waals surface area contributed by atoms with Crippen molar-refractivity contribution in [3.05, 3.63) is 66.0 Å². The zero-order valence-corrected chi connectivity index (χ0v) is 17.2. The lowest BCUT2D eigenvalue weighted by Gasteiger charge is -2.14. The molecule has 0 aliphatic heterocycles. The number of hydrogen-bond donors (Lipinski definition) is 3. The van der Waals surface area contributed by atoms with Crippen molar-refractivity contribution in [3.63, 3.8) is 0 Å². The van der Waals surface area contributed by atoms with Crippen LogP contribution in [0.2, 0.25) is 0 Å². The standard InChI is InChI=1S/C23H26N6O/c1-15(2)14-29-19(13-26-23(30)25-12-16-8-4-3-5-9-16)28-20-21(29)17-10-6-7-11-18(17)27-22(20)24/h3-11,15H,12-14H2,1-2H3,(H2,24,27)(H2,25,26,30). The molecule has 0 saturated carbocycles. The summed E-state index contributed by atoms with van der Waals surface area (Å²) in [6.45, 7) is 5.85. The molecule has 0 unspecified atom stereocenters. The Balaban J connectivity index is 1.61. The van der Waals surface area contributed by atoms with Crippen molar-refractivity contribution >= 4 is 33.8 Å². The van der Waals surface area contributed by atoms with Crippen LogP contribution in [0.3, 0.4) is 0 Å². The van der Waals surface area contributed by atoms with Gasteiger partial charge in [-0.1, -0.05) is 62.4 Å². The van der Waals surface area contributed by atoms with E-state index in [1.165, 1.54) is 0 Å². The third-order valence-electron chi connectivity index (χ3n) is 4.94. The van der Waals surface area contributed by atoms with E-state index in [0.29, 0.717) is 30.3 Å². The molecule has 2 aromatic carbocycles. The summed E-state index contributed by atoms with van der Waals surface area (Å²) in [5.74, 6) is 1.57. The fraction of sp³-hybridized carbons (Fsp3) is 0.261. The van der Waals surface area contributed by atoms with Crippen LogP contribution in [-0.4, -0.2) is 20.6 Å². The van der Waals surface area contributed by atoms with Crippen LogP contribution in [0.5, 0.6) is 0 Å². The third kappa shape index (κ3) is 4.05. The van der Waals surface area contributed by atoms with Gasteiger partial charge in [-0.2, -0.15) is 0 Å². The number of nitrogens with one attached hydrogen (secondary N) is 2. The normalized spacial score (nSPS) is 11.3. The SMILES string of the molecule is CC(C)Cn1c(CNC(=O)NCc2ccccc2)nc2c(N)nc3ccccc3c21. The van der Waals surface area contributed by atoms with Gasteiger partial charge in [0.2, 0.25) is 0 Å². The Kier molecular flexibility index (Phi) is 5.52. The molecular weight excluding hydrogens is 376 g/mol. The zero-order chi connectivity index (χ0) is 21.1. The van der Waals surface area contributed by atoms with Crippen molar-refractivity contribution in [2.24, 2.45) is 5.92 Å². The molecule has 2 aromatic heterocycles. The first kappa shape index (κ1) is 19.7. The van der Waals surface area contributed by atoms with Crippen LogP contribution < -0.4 is 16.4 Å². The van der Waals surface area contributed by atoms with Gasteiger partial charge >= 0.3 is 6.03 Å². The van der Waals surface area contributed by atoms with Gasteiger partial charge in [0, 0.05) is 18.5 Å². The number of para-hydroxylation sites is 1. The molecule has 2 heterocycles. The minimum absolute atomic E-state index is 0.238. The minimum Gasteiger partial charge on any atom is -0.382 e. The Morgan fingerprint density at radius 1 is 1.00 bits per heavy atom. The van der Waals surface area contributed by atoms with Gasteiger partial charge in [-0.25, -0.2) is 14.8 Å². The van der Waals surface area contributed by atoms with Gasteiger partial charge in [0.05, 0.1) is 17.6 Å². The van der Waals surface area contributed by atoms with Crippen LogP contribution in [0.25, 0.3) is 21.9 Å². The maximum absolute atomic E-state index is 12.3. The summed E-state index contributed by atoms with van der Waals surface area (Å²) in [5, 5.41) is 6.81. The molecule has 2 amide bonds. The van der Waals surface area contributed by atoms with E-state index in [1.54, 1.807) is 0 Å². The summed E-state index contributed by atoms with van der Waals surface area (Å²) in [4.78, 5) is 21.6. The van der Waals surface area contributed by atoms with Crippen LogP contribution in [0.1, 0.15) is 25.2 Å². The average molecular weight is 403 g/mol. The molecule has 4 rings (SSSR count). The number of pyridine rings is 1. The lowest BCUT2D eigenvalue weighted by atomic mass is 10.1. The predicted molar refractivity (Wildman–Crippen MR) is 120 cm³/mol. The fourth-order valence-electron chi connectivity index (χ4n) is 3.60. The molecular formula is C23H26N6O. The second kappa shape index (κ2) is 8.41. The molecule has 0 saturated heterocycles. The van der Waals surface area contributed by atoms with Gasteiger partial charge in [0.15, 0.2) is 5.82 Å². The smallest absolute Gasteiger partial charge is 0.315 e. The second-order valence-electron chi connectivity index (χ2n) is 7.77. The van der Waals surface area contributed by atoms with Crippen molar-refractivity contribution in [3.8, 4) is 0 Å². The summed E-state index contributed by atoms with van der Waals surface area (Å²) in [5.41, 5.74) is 9.75. The maximum atomic E-state index is 12.3. The lowest BCUT2D eigenvalue weighted by Crippen LogP contribution is -2.35. The van der Waals surface area contributed by atoms with E-state index in [9.17, 15) is 4.79 Å². The Labute approximate surface area is 175 Å². The number of nitrogens with two attached hydrogens (primary N) is 1. The fourth-order valence-corrected chi connectivity index (χ4v) is 3.60. The molecule has 0 aliphatic carbocycles. The molecule has 7 nitrogen and oxygen atoms in total. The molecule has 0 spiro atoms. The molecule has 4 aromatic rings. The Morgan fingerprint density at radius 2 is 1.70 bits per heavy atom. The highest BCUT2D eigenvalue weighted by Crippen LogP contribution is 2.29. The molecule has 0 fully saturated rings. The van der Waals surface area contributed by atoms with Crippen molar-refractivity contribution in [1.82, 2.24) is 25.2 Å². The summed E-state index contributed by atoms with van der Waals surface area (Å²) in [7, 11) is 0. The Morgan fingerprint density at radius 3 is 2.47 bits per heavy atom. The number of fused-ring (bicyclic) bond motifs is 3. The average Bonchev–Trinajstić information content (AvgIpc) is 3.10. The van der Waals surface area contributed by atoms with Gasteiger partial charge in [0.1, 0.15) is 11.3 Å². The number of imidazole rings is 1. The number of benzene rings is 2. The highest BCUT2D eigenvalue weighted by molar-refractivity contribution is 6.06. The van der Waals surface area contributed by atoms with E-state index in [1.807, 2.05) is 54.6 Å². The topological polar surface area (TPSA) is 97.9 Å². The van der Waals surface area contributed by atoms with Gasteiger partial charge < -0.3 is 20.9 Å². The second-order valence-corrected chi connectivity index (χ2v) is 7.77. The number of carbonyl (C=O) groups excluding carboxylic acids is 1. The number of urea groups is 1. The minimum atomic E-state index is -0.238. The first-order valence-electron chi connectivity index (χ1n) is 10.1. The van der Waals surface area contributed by atoms with Crippen molar-refractivity contribution < 1.29 is 4.79 Å². The lowest BCUT2D eigenvalue weighted by molar-refractivity contribution is 0.239. The van der Waals surface area contributed by atoms with Crippen LogP contribution in [-0.2, 0) is 19.6 Å². The zero-order valence-electron chi connectivity index (χ0n) is 17.2. The number of nitrogens with zero attached hydrogens (tertiary/aromatic N) is 3. The highest BCUT2D eigenvalue weighted by Gasteiger charge is 2.18. The van der Waals surface area contributed by atoms with Gasteiger partial charge in [-0.15, -0.1) is 0 Å². The summed E-state index contributed by atoms with van der Waals surface area (Å²) in [6, 6.07) is 17.5. The third-order valence-corrected chi connectivity index (χ3v) is 4.94. The molecule has 0 aliphatic rings. The first-order chi connectivity index (χ1) is 14.5. The largest absolute Gasteiger partial charge is 0.382 e. The van der Waals surface area contributed by atoms with Crippen LogP contribution >= 0.6 is 0 Å². The first-order valence-corrected chi connectivity index (χ1v) is 10.1. The number of amides is 2. The van der Waals surface area contributed by atoms with E-state index in [4.69, 9.17) is 10.7 Å². The van der Waals surface area contributed by atoms with Crippen LogP contribution in [0.4, 0.5) is 10.6 Å². The van der Waals surface area contributed by atoms with Crippen LogP contribution in [0, 0.1) is 5.92 Å². The van der Waals surface area contributed by atoms with Crippen LogP contribution in [0.15, 0.2) is 54.6 Å². The number of aromatic nitrogens is 3. The number of anilines is 1. The molecule has 7 heteroatoms. The van der Waals surface area contributed by atoms with E-state index in [-0.39, 0.29) is 6.03 Å². The maximum Gasteiger partial charge on any atom is 0.315 e. The molecule has 4 N–H and O–H groups in total. The van der Waals surface area contributed by atoms with Crippen molar-refractivity contribution in [2.75, 3.05) is 5.73 Å². The Hall–Kier alpha value is -3.61. The summed E-state index contributed by atoms with van der Waals surface area (Å²) < 4.78 is 2.15. The summed E-state index contributed by atoms with van der Waals surface area (Å²) >= 11 is 0. The Bertz CT molecular complexity index is 1180. The number of nitrogen functional groups attached to an aromatic ring is 1. The van der Waals surface area contributed by atoms with Crippen molar-refractivity contribution in [2.45, 2.75) is 33.5 Å². The summed E-state index contributed by atoms with van der Waals surface area (Å²) in [6.07, 6.45) is 0. The quantitative estimate of drug-likeness (QED) is 0.457. The molecule has 0 bridgehead atoms. The molecule has 30 heavy (non-hydrogen) atoms. The number of hydrogen-bond acceptors (Lipinski definition) is 4. The van der Waals surface area contributed by atoms with E-state index in [2.05, 4.69) is 34.0 Å². The molecule has 154 valence electrons. The van der Waals surface area contributed by atoms with E-state index in [0.717, 1.165) is 34.4 Å². The number of carbonyl (C=O) groups is 1. The van der Waals surface area contributed by atoms with Gasteiger partial charge in [0.25, 0.3) is 0 Å². The molecule has 0 atom stereocenters. The van der Waals surface area contributed by atoms with E-state index < -0.39 is 0 Å². The van der Waals surface area contributed by atoms with Gasteiger partial charge in [-0.3, -0.25) is 0 Å². The monoisotopic (exact) mass is 402 g/mol. The van der Waals surface area contributed by atoms with Crippen molar-refractivity contribution in [1.29, 1.82) is 0 Å². The predicted octanol–water partition coefficient (Wildman–Crippen LogP) is 3.82. The molecule has 0 radical (unpaired) electrons.